The van der Waals surface area contributed by atoms with Gasteiger partial charge in [0, 0.05) is 20.3 Å². The van der Waals surface area contributed by atoms with Gasteiger partial charge in [-0.15, -0.1) is 0 Å². The van der Waals surface area contributed by atoms with Crippen LogP contribution in [-0.2, 0) is 16.5 Å². The minimum Gasteiger partial charge on any atom is -0.383 e. The highest BCUT2D eigenvalue weighted by molar-refractivity contribution is 5.84. The van der Waals surface area contributed by atoms with Crippen LogP contribution in [0.15, 0.2) is 6.20 Å². The largest absolute Gasteiger partial charge is 0.383 e. The molecule has 0 saturated carbocycles. The fraction of sp³-hybridized carbons (Fsp3) is 0.545. The van der Waals surface area contributed by atoms with Crippen LogP contribution in [0.2, 0.25) is 0 Å². The summed E-state index contributed by atoms with van der Waals surface area (Å²) < 4.78 is 12.6. The lowest BCUT2D eigenvalue weighted by atomic mass is 10.4. The van der Waals surface area contributed by atoms with Crippen molar-refractivity contribution in [3.8, 4) is 0 Å². The average molecular weight is 251 g/mol. The SMILES string of the molecule is CCOC(OCC)c1nc(N)c2cnn(C)c2n1. The summed E-state index contributed by atoms with van der Waals surface area (Å²) in [7, 11) is 1.80. The van der Waals surface area contributed by atoms with Crippen LogP contribution in [0.25, 0.3) is 11.0 Å². The molecule has 0 atom stereocenters. The van der Waals surface area contributed by atoms with Gasteiger partial charge < -0.3 is 15.2 Å². The minimum atomic E-state index is -0.596. The summed E-state index contributed by atoms with van der Waals surface area (Å²) in [6.45, 7) is 4.80. The van der Waals surface area contributed by atoms with Crippen LogP contribution in [0.3, 0.4) is 0 Å². The van der Waals surface area contributed by atoms with E-state index < -0.39 is 6.29 Å². The highest BCUT2D eigenvalue weighted by atomic mass is 16.7. The van der Waals surface area contributed by atoms with E-state index in [1.165, 1.54) is 0 Å². The molecule has 2 aromatic rings. The Hall–Kier alpha value is -1.73. The summed E-state index contributed by atoms with van der Waals surface area (Å²) in [6, 6.07) is 0. The number of nitrogens with zero attached hydrogens (tertiary/aromatic N) is 4. The van der Waals surface area contributed by atoms with Crippen LogP contribution in [0.1, 0.15) is 26.0 Å². The van der Waals surface area contributed by atoms with Gasteiger partial charge in [-0.05, 0) is 13.8 Å². The van der Waals surface area contributed by atoms with Gasteiger partial charge in [0.05, 0.1) is 11.6 Å². The molecule has 2 heterocycles. The molecular formula is C11H17N5O2. The molecule has 0 radical (unpaired) electrons. The number of hydrogen-bond acceptors (Lipinski definition) is 6. The van der Waals surface area contributed by atoms with E-state index in [1.807, 2.05) is 13.8 Å². The number of anilines is 1. The first-order valence-electron chi connectivity index (χ1n) is 5.85. The molecular weight excluding hydrogens is 234 g/mol. The van der Waals surface area contributed by atoms with E-state index in [0.717, 1.165) is 5.39 Å². The van der Waals surface area contributed by atoms with E-state index >= 15 is 0 Å². The molecule has 7 heteroatoms. The maximum atomic E-state index is 5.88. The third kappa shape index (κ3) is 2.27. The Morgan fingerprint density at radius 3 is 2.56 bits per heavy atom. The van der Waals surface area contributed by atoms with Gasteiger partial charge in [-0.2, -0.15) is 5.10 Å². The normalized spacial score (nSPS) is 11.6. The molecule has 0 aromatic carbocycles. The van der Waals surface area contributed by atoms with Crippen LogP contribution in [0.4, 0.5) is 5.82 Å². The molecule has 0 saturated heterocycles. The van der Waals surface area contributed by atoms with Crippen molar-refractivity contribution >= 4 is 16.9 Å². The Labute approximate surface area is 105 Å². The zero-order valence-electron chi connectivity index (χ0n) is 10.8. The van der Waals surface area contributed by atoms with Crippen molar-refractivity contribution in [2.75, 3.05) is 18.9 Å². The number of ether oxygens (including phenoxy) is 2. The van der Waals surface area contributed by atoms with Crippen LogP contribution >= 0.6 is 0 Å². The molecule has 98 valence electrons. The fourth-order valence-electron chi connectivity index (χ4n) is 1.67. The number of nitrogen functional groups attached to an aromatic ring is 1. The average Bonchev–Trinajstić information content (AvgIpc) is 2.72. The first-order chi connectivity index (χ1) is 8.67. The van der Waals surface area contributed by atoms with Gasteiger partial charge >= 0.3 is 0 Å². The molecule has 2 rings (SSSR count). The summed E-state index contributed by atoms with van der Waals surface area (Å²) in [5.74, 6) is 0.805. The number of fused-ring (bicyclic) bond motifs is 1. The van der Waals surface area contributed by atoms with E-state index in [4.69, 9.17) is 15.2 Å². The first-order valence-corrected chi connectivity index (χ1v) is 5.85. The fourth-order valence-corrected chi connectivity index (χ4v) is 1.67. The second-order valence-electron chi connectivity index (χ2n) is 3.72. The van der Waals surface area contributed by atoms with Crippen molar-refractivity contribution < 1.29 is 9.47 Å². The van der Waals surface area contributed by atoms with E-state index in [9.17, 15) is 0 Å². The molecule has 0 amide bonds. The first kappa shape index (κ1) is 12.7. The molecule has 0 bridgehead atoms. The number of aromatic nitrogens is 4. The van der Waals surface area contributed by atoms with Gasteiger partial charge in [0.15, 0.2) is 11.5 Å². The standard InChI is InChI=1S/C11H17N5O2/c1-4-17-11(18-5-2)9-14-8(12)7-6-13-16(3)10(7)15-9/h6,11H,4-5H2,1-3H3,(H2,12,14,15). The quantitative estimate of drug-likeness (QED) is 0.798. The molecule has 0 spiro atoms. The van der Waals surface area contributed by atoms with Crippen molar-refractivity contribution in [1.29, 1.82) is 0 Å². The molecule has 18 heavy (non-hydrogen) atoms. The van der Waals surface area contributed by atoms with Crippen LogP contribution in [0.5, 0.6) is 0 Å². The van der Waals surface area contributed by atoms with Crippen LogP contribution in [0, 0.1) is 0 Å². The number of rotatable bonds is 5. The van der Waals surface area contributed by atoms with E-state index in [1.54, 1.807) is 17.9 Å². The molecule has 0 unspecified atom stereocenters. The van der Waals surface area contributed by atoms with Crippen LogP contribution in [-0.4, -0.2) is 33.0 Å². The zero-order chi connectivity index (χ0) is 13.1. The van der Waals surface area contributed by atoms with Gasteiger partial charge in [-0.25, -0.2) is 9.97 Å². The molecule has 0 aliphatic carbocycles. The molecule has 2 aromatic heterocycles. The number of nitrogens with two attached hydrogens (primary N) is 1. The zero-order valence-corrected chi connectivity index (χ0v) is 10.8. The van der Waals surface area contributed by atoms with E-state index in [2.05, 4.69) is 15.1 Å². The van der Waals surface area contributed by atoms with Crippen molar-refractivity contribution in [2.45, 2.75) is 20.1 Å². The lowest BCUT2D eigenvalue weighted by Crippen LogP contribution is -2.14. The van der Waals surface area contributed by atoms with Crippen molar-refractivity contribution in [3.05, 3.63) is 12.0 Å². The molecule has 2 N–H and O–H groups in total. The van der Waals surface area contributed by atoms with Gasteiger partial charge in [0.1, 0.15) is 5.82 Å². The monoisotopic (exact) mass is 251 g/mol. The Balaban J connectivity index is 2.45. The Kier molecular flexibility index (Phi) is 3.73. The highest BCUT2D eigenvalue weighted by Crippen LogP contribution is 2.22. The lowest BCUT2D eigenvalue weighted by molar-refractivity contribution is -0.145. The molecule has 0 aliphatic heterocycles. The van der Waals surface area contributed by atoms with Gasteiger partial charge in [-0.3, -0.25) is 4.68 Å². The third-order valence-corrected chi connectivity index (χ3v) is 2.49. The second-order valence-corrected chi connectivity index (χ2v) is 3.72. The lowest BCUT2D eigenvalue weighted by Gasteiger charge is -2.15. The van der Waals surface area contributed by atoms with Gasteiger partial charge in [0.2, 0.25) is 6.29 Å². The summed E-state index contributed by atoms with van der Waals surface area (Å²) in [5, 5.41) is 4.83. The predicted molar refractivity (Wildman–Crippen MR) is 66.7 cm³/mol. The maximum Gasteiger partial charge on any atom is 0.219 e. The molecule has 0 aliphatic rings. The smallest absolute Gasteiger partial charge is 0.219 e. The Bertz CT molecular complexity index is 533. The predicted octanol–water partition coefficient (Wildman–Crippen LogP) is 1.02. The van der Waals surface area contributed by atoms with Crippen molar-refractivity contribution in [2.24, 2.45) is 7.05 Å². The number of hydrogen-bond donors (Lipinski definition) is 1. The van der Waals surface area contributed by atoms with E-state index in [0.29, 0.717) is 30.5 Å². The van der Waals surface area contributed by atoms with E-state index in [-0.39, 0.29) is 0 Å². The third-order valence-electron chi connectivity index (χ3n) is 2.49. The Morgan fingerprint density at radius 2 is 1.94 bits per heavy atom. The van der Waals surface area contributed by atoms with Crippen LogP contribution < -0.4 is 5.73 Å². The molecule has 7 nitrogen and oxygen atoms in total. The minimum absolute atomic E-state index is 0.382. The summed E-state index contributed by atoms with van der Waals surface area (Å²) in [5.41, 5.74) is 6.55. The summed E-state index contributed by atoms with van der Waals surface area (Å²) in [4.78, 5) is 8.61. The highest BCUT2D eigenvalue weighted by Gasteiger charge is 2.18. The van der Waals surface area contributed by atoms with Crippen molar-refractivity contribution in [1.82, 2.24) is 19.7 Å². The van der Waals surface area contributed by atoms with Crippen molar-refractivity contribution in [3.63, 3.8) is 0 Å². The number of aryl methyl sites for hydroxylation is 1. The topological polar surface area (TPSA) is 88.1 Å². The van der Waals surface area contributed by atoms with Gasteiger partial charge in [0.25, 0.3) is 0 Å². The maximum absolute atomic E-state index is 5.88. The van der Waals surface area contributed by atoms with Gasteiger partial charge in [-0.1, -0.05) is 0 Å². The second kappa shape index (κ2) is 5.28. The molecule has 0 fully saturated rings. The summed E-state index contributed by atoms with van der Waals surface area (Å²) in [6.07, 6.45) is 1.05. The summed E-state index contributed by atoms with van der Waals surface area (Å²) >= 11 is 0. The Morgan fingerprint density at radius 1 is 1.28 bits per heavy atom.